The van der Waals surface area contributed by atoms with Crippen molar-refractivity contribution in [1.82, 2.24) is 14.8 Å². The Morgan fingerprint density at radius 2 is 2.14 bits per heavy atom. The van der Waals surface area contributed by atoms with Crippen LogP contribution in [-0.4, -0.2) is 25.7 Å². The third-order valence-electron chi connectivity index (χ3n) is 3.38. The minimum absolute atomic E-state index is 0.208. The number of aryl methyl sites for hydroxylation is 1. The van der Waals surface area contributed by atoms with Crippen LogP contribution in [0.5, 0.6) is 0 Å². The monoisotopic (exact) mass is 282 g/mol. The zero-order chi connectivity index (χ0) is 14.8. The summed E-state index contributed by atoms with van der Waals surface area (Å²) in [6.07, 6.45) is 3.09. The highest BCUT2D eigenvalue weighted by Crippen LogP contribution is 2.11. The molecule has 0 amide bonds. The van der Waals surface area contributed by atoms with Crippen LogP contribution in [0.15, 0.2) is 52.7 Å². The van der Waals surface area contributed by atoms with Gasteiger partial charge in [0.1, 0.15) is 11.4 Å². The van der Waals surface area contributed by atoms with E-state index in [0.717, 1.165) is 0 Å². The first-order chi connectivity index (χ1) is 10.3. The molecule has 6 heteroatoms. The van der Waals surface area contributed by atoms with Crippen molar-refractivity contribution in [3.8, 4) is 0 Å². The Balaban J connectivity index is 2.21. The number of oxime groups is 1. The Morgan fingerprint density at radius 1 is 1.38 bits per heavy atom. The maximum atomic E-state index is 12.6. The Labute approximate surface area is 120 Å². The average Bonchev–Trinajstić information content (AvgIpc) is 2.95. The number of rotatable bonds is 3. The minimum Gasteiger partial charge on any atom is -0.410 e. The summed E-state index contributed by atoms with van der Waals surface area (Å²) in [4.78, 5) is 15.6. The molecule has 0 aliphatic carbocycles. The van der Waals surface area contributed by atoms with E-state index in [1.807, 2.05) is 25.1 Å². The van der Waals surface area contributed by atoms with Gasteiger partial charge in [0.15, 0.2) is 0 Å². The van der Waals surface area contributed by atoms with E-state index in [9.17, 15) is 10.0 Å². The third kappa shape index (κ3) is 2.10. The van der Waals surface area contributed by atoms with Crippen molar-refractivity contribution in [1.29, 1.82) is 0 Å². The summed E-state index contributed by atoms with van der Waals surface area (Å²) in [5.41, 5.74) is 1.68. The van der Waals surface area contributed by atoms with Crippen molar-refractivity contribution in [3.05, 3.63) is 64.1 Å². The van der Waals surface area contributed by atoms with Gasteiger partial charge in [-0.25, -0.2) is 4.68 Å². The van der Waals surface area contributed by atoms with Crippen LogP contribution in [0.25, 0.3) is 11.0 Å². The molecule has 2 N–H and O–H groups in total. The van der Waals surface area contributed by atoms with Gasteiger partial charge in [-0.05, 0) is 6.92 Å². The van der Waals surface area contributed by atoms with Crippen LogP contribution < -0.4 is 5.43 Å². The molecule has 0 saturated carbocycles. The highest BCUT2D eigenvalue weighted by Gasteiger charge is 2.15. The molecule has 0 saturated heterocycles. The number of pyridine rings is 1. The zero-order valence-corrected chi connectivity index (χ0v) is 11.4. The van der Waals surface area contributed by atoms with Crippen molar-refractivity contribution in [2.75, 3.05) is 0 Å². The first-order valence-corrected chi connectivity index (χ1v) is 6.61. The molecule has 0 aliphatic heterocycles. The number of hydrogen-bond acceptors (Lipinski definition) is 4. The lowest BCUT2D eigenvalue weighted by Crippen LogP contribution is -2.17. The molecule has 0 bridgehead atoms. The summed E-state index contributed by atoms with van der Waals surface area (Å²) in [6.45, 7) is 2.61. The lowest BCUT2D eigenvalue weighted by atomic mass is 10.0. The Kier molecular flexibility index (Phi) is 3.27. The molecule has 3 aromatic rings. The van der Waals surface area contributed by atoms with Gasteiger partial charge in [-0.1, -0.05) is 35.5 Å². The van der Waals surface area contributed by atoms with E-state index in [-0.39, 0.29) is 11.1 Å². The number of aromatic nitrogens is 3. The number of hydrogen-bond donors (Lipinski definition) is 2. The molecular weight excluding hydrogens is 268 g/mol. The predicted molar refractivity (Wildman–Crippen MR) is 79.9 cm³/mol. The lowest BCUT2D eigenvalue weighted by molar-refractivity contribution is 0.319. The quantitative estimate of drug-likeness (QED) is 0.437. The Bertz CT molecular complexity index is 862. The van der Waals surface area contributed by atoms with Crippen LogP contribution in [0.1, 0.15) is 18.1 Å². The van der Waals surface area contributed by atoms with Crippen LogP contribution in [0.2, 0.25) is 0 Å². The van der Waals surface area contributed by atoms with E-state index < -0.39 is 0 Å². The number of H-pyrrole nitrogens is 1. The van der Waals surface area contributed by atoms with Crippen molar-refractivity contribution in [2.24, 2.45) is 5.16 Å². The van der Waals surface area contributed by atoms with Crippen molar-refractivity contribution in [3.63, 3.8) is 0 Å². The molecule has 21 heavy (non-hydrogen) atoms. The van der Waals surface area contributed by atoms with Gasteiger partial charge in [0.2, 0.25) is 5.43 Å². The first kappa shape index (κ1) is 13.1. The van der Waals surface area contributed by atoms with Gasteiger partial charge in [-0.3, -0.25) is 4.79 Å². The van der Waals surface area contributed by atoms with Crippen LogP contribution in [0.4, 0.5) is 0 Å². The molecule has 2 heterocycles. The Hall–Kier alpha value is -2.89. The fourth-order valence-corrected chi connectivity index (χ4v) is 2.33. The van der Waals surface area contributed by atoms with Crippen LogP contribution in [-0.2, 0) is 6.54 Å². The molecule has 0 spiro atoms. The summed E-state index contributed by atoms with van der Waals surface area (Å²) >= 11 is 0. The van der Waals surface area contributed by atoms with Gasteiger partial charge in [-0.2, -0.15) is 5.10 Å². The molecule has 1 aromatic carbocycles. The summed E-state index contributed by atoms with van der Waals surface area (Å²) < 4.78 is 1.71. The number of benzene rings is 1. The van der Waals surface area contributed by atoms with E-state index in [0.29, 0.717) is 28.7 Å². The molecule has 0 atom stereocenters. The van der Waals surface area contributed by atoms with Crippen molar-refractivity contribution in [2.45, 2.75) is 13.5 Å². The summed E-state index contributed by atoms with van der Waals surface area (Å²) in [5, 5.41) is 17.2. The van der Waals surface area contributed by atoms with Crippen molar-refractivity contribution < 1.29 is 5.21 Å². The molecular formula is C15H14N4O2. The van der Waals surface area contributed by atoms with Gasteiger partial charge in [0.25, 0.3) is 0 Å². The summed E-state index contributed by atoms with van der Waals surface area (Å²) in [7, 11) is 0. The fourth-order valence-electron chi connectivity index (χ4n) is 2.33. The first-order valence-electron chi connectivity index (χ1n) is 6.61. The lowest BCUT2D eigenvalue weighted by Gasteiger charge is -2.05. The van der Waals surface area contributed by atoms with E-state index in [4.69, 9.17) is 0 Å². The molecule has 0 fully saturated rings. The van der Waals surface area contributed by atoms with Gasteiger partial charge in [0, 0.05) is 18.3 Å². The van der Waals surface area contributed by atoms with E-state index in [2.05, 4.69) is 15.2 Å². The average molecular weight is 282 g/mol. The van der Waals surface area contributed by atoms with Crippen molar-refractivity contribution >= 4 is 16.7 Å². The molecule has 106 valence electrons. The maximum Gasteiger partial charge on any atom is 0.202 e. The van der Waals surface area contributed by atoms with Gasteiger partial charge in [-0.15, -0.1) is 0 Å². The van der Waals surface area contributed by atoms with Gasteiger partial charge < -0.3 is 10.2 Å². The number of fused-ring (bicyclic) bond motifs is 1. The predicted octanol–water partition coefficient (Wildman–Crippen LogP) is 1.97. The zero-order valence-electron chi connectivity index (χ0n) is 11.4. The van der Waals surface area contributed by atoms with Gasteiger partial charge >= 0.3 is 0 Å². The highest BCUT2D eigenvalue weighted by atomic mass is 16.4. The SMILES string of the molecule is CCn1ncc2c(=O)c(/C(=N/O)c3ccccc3)c[nH]c21. The fraction of sp³-hybridized carbons (Fsp3) is 0.133. The number of nitrogens with zero attached hydrogens (tertiary/aromatic N) is 3. The topological polar surface area (TPSA) is 83.3 Å². The normalized spacial score (nSPS) is 12.0. The summed E-state index contributed by atoms with van der Waals surface area (Å²) in [6, 6.07) is 9.07. The van der Waals surface area contributed by atoms with E-state index >= 15 is 0 Å². The van der Waals surface area contributed by atoms with Crippen LogP contribution in [0, 0.1) is 0 Å². The second kappa shape index (κ2) is 5.24. The van der Waals surface area contributed by atoms with Crippen LogP contribution >= 0.6 is 0 Å². The summed E-state index contributed by atoms with van der Waals surface area (Å²) in [5.74, 6) is 0. The molecule has 3 rings (SSSR count). The van der Waals surface area contributed by atoms with Gasteiger partial charge in [0.05, 0.1) is 17.1 Å². The minimum atomic E-state index is -0.208. The van der Waals surface area contributed by atoms with E-state index in [1.165, 1.54) is 6.20 Å². The largest absolute Gasteiger partial charge is 0.410 e. The second-order valence-electron chi connectivity index (χ2n) is 4.57. The molecule has 0 unspecified atom stereocenters. The number of nitrogens with one attached hydrogen (secondary N) is 1. The molecule has 6 nitrogen and oxygen atoms in total. The standard InChI is InChI=1S/C15H14N4O2/c1-2-19-15-12(9-17-19)14(20)11(8-16-15)13(18-21)10-6-4-3-5-7-10/h3-9,21H,2H2,1H3,(H,16,20)/b18-13+. The molecule has 0 aliphatic rings. The maximum absolute atomic E-state index is 12.6. The third-order valence-corrected chi connectivity index (χ3v) is 3.38. The smallest absolute Gasteiger partial charge is 0.202 e. The second-order valence-corrected chi connectivity index (χ2v) is 4.57. The Morgan fingerprint density at radius 3 is 2.81 bits per heavy atom. The van der Waals surface area contributed by atoms with Crippen LogP contribution in [0.3, 0.4) is 0 Å². The highest BCUT2D eigenvalue weighted by molar-refractivity contribution is 6.13. The number of aromatic amines is 1. The van der Waals surface area contributed by atoms with E-state index in [1.54, 1.807) is 23.0 Å². The molecule has 2 aromatic heterocycles. The molecule has 0 radical (unpaired) electrons.